The molecule has 0 aliphatic heterocycles. The topological polar surface area (TPSA) is 105 Å². The summed E-state index contributed by atoms with van der Waals surface area (Å²) in [6.07, 6.45) is 0. The minimum absolute atomic E-state index is 0.0562. The maximum atomic E-state index is 13.9. The average Bonchev–Trinajstić information content (AvgIpc) is 2.95. The van der Waals surface area contributed by atoms with E-state index in [0.29, 0.717) is 24.5 Å². The summed E-state index contributed by atoms with van der Waals surface area (Å²) >= 11 is 0. The zero-order valence-corrected chi connectivity index (χ0v) is 24.4. The fourth-order valence-corrected chi connectivity index (χ4v) is 5.31. The van der Waals surface area contributed by atoms with E-state index in [0.717, 1.165) is 24.2 Å². The van der Waals surface area contributed by atoms with Crippen LogP contribution in [0.5, 0.6) is 11.5 Å². The molecule has 0 fully saturated rings. The Morgan fingerprint density at radius 3 is 1.17 bits per heavy atom. The minimum atomic E-state index is -0.520. The van der Waals surface area contributed by atoms with Crippen LogP contribution in [0.2, 0.25) is 0 Å². The molecular weight excluding hydrogens is 528 g/mol. The van der Waals surface area contributed by atoms with E-state index in [2.05, 4.69) is 44.7 Å². The molecule has 0 saturated carbocycles. The lowest BCUT2D eigenvalue weighted by Crippen LogP contribution is -2.24. The first-order chi connectivity index (χ1) is 20.1. The van der Waals surface area contributed by atoms with Gasteiger partial charge in [-0.05, 0) is 74.7 Å². The fraction of sp³-hybridized carbons (Fsp3) is 0.235. The van der Waals surface area contributed by atoms with Gasteiger partial charge in [0.2, 0.25) is 11.6 Å². The van der Waals surface area contributed by atoms with Gasteiger partial charge in [0.05, 0.1) is 22.3 Å². The SMILES string of the molecule is CN(C)Cc1ccc(CNc2ccc(O)c3c2C(=O)c2c(O)ccc(NCc4ccc(CN(C)C)cc4)c2C3=O)cc1. The molecule has 0 aromatic heterocycles. The number of hydrogen-bond donors (Lipinski definition) is 4. The molecule has 0 spiro atoms. The largest absolute Gasteiger partial charge is 0.507 e. The Morgan fingerprint density at radius 2 is 0.833 bits per heavy atom. The standard InChI is InChI=1S/C34H36N4O4/c1-37(2)19-23-9-5-21(6-10-23)17-35-25-13-15-27(39)31-29(25)33(41)32-28(40)16-14-26(30(32)34(31)42)36-18-22-7-11-24(12-8-22)20-38(3)4/h5-16,35-36,39-40H,17-20H2,1-4H3. The molecule has 0 bridgehead atoms. The Kier molecular flexibility index (Phi) is 8.29. The Bertz CT molecular complexity index is 1500. The number of anilines is 2. The molecule has 0 saturated heterocycles. The zero-order valence-electron chi connectivity index (χ0n) is 24.4. The summed E-state index contributed by atoms with van der Waals surface area (Å²) in [5, 5.41) is 28.0. The molecule has 0 heterocycles. The van der Waals surface area contributed by atoms with Crippen molar-refractivity contribution in [3.8, 4) is 11.5 Å². The normalized spacial score (nSPS) is 12.4. The van der Waals surface area contributed by atoms with Crippen molar-refractivity contribution in [1.82, 2.24) is 9.80 Å². The molecule has 5 rings (SSSR count). The average molecular weight is 565 g/mol. The number of nitrogens with one attached hydrogen (secondary N) is 2. The van der Waals surface area contributed by atoms with Crippen LogP contribution in [0.3, 0.4) is 0 Å². The highest BCUT2D eigenvalue weighted by Gasteiger charge is 2.38. The highest BCUT2D eigenvalue weighted by Crippen LogP contribution is 2.42. The fourth-order valence-electron chi connectivity index (χ4n) is 5.31. The van der Waals surface area contributed by atoms with Crippen LogP contribution >= 0.6 is 0 Å². The van der Waals surface area contributed by atoms with E-state index in [9.17, 15) is 19.8 Å². The molecule has 4 aromatic carbocycles. The molecule has 1 aliphatic rings. The maximum Gasteiger partial charge on any atom is 0.200 e. The lowest BCUT2D eigenvalue weighted by Gasteiger charge is -2.24. The third-order valence-corrected chi connectivity index (χ3v) is 7.28. The maximum absolute atomic E-state index is 13.9. The van der Waals surface area contributed by atoms with Crippen molar-refractivity contribution < 1.29 is 19.8 Å². The van der Waals surface area contributed by atoms with E-state index in [1.165, 1.54) is 23.3 Å². The van der Waals surface area contributed by atoms with Crippen LogP contribution in [0, 0.1) is 0 Å². The highest BCUT2D eigenvalue weighted by molar-refractivity contribution is 6.33. The molecule has 4 N–H and O–H groups in total. The Balaban J connectivity index is 1.41. The van der Waals surface area contributed by atoms with Gasteiger partial charge in [0, 0.05) is 37.6 Å². The quantitative estimate of drug-likeness (QED) is 0.171. The summed E-state index contributed by atoms with van der Waals surface area (Å²) in [5.74, 6) is -1.60. The van der Waals surface area contributed by atoms with Crippen molar-refractivity contribution in [2.45, 2.75) is 26.2 Å². The van der Waals surface area contributed by atoms with Crippen molar-refractivity contribution >= 4 is 22.9 Å². The van der Waals surface area contributed by atoms with Crippen LogP contribution < -0.4 is 10.6 Å². The van der Waals surface area contributed by atoms with Gasteiger partial charge in [-0.15, -0.1) is 0 Å². The monoisotopic (exact) mass is 564 g/mol. The van der Waals surface area contributed by atoms with Gasteiger partial charge in [-0.1, -0.05) is 48.5 Å². The third-order valence-electron chi connectivity index (χ3n) is 7.28. The summed E-state index contributed by atoms with van der Waals surface area (Å²) in [6.45, 7) is 2.49. The van der Waals surface area contributed by atoms with Gasteiger partial charge < -0.3 is 30.6 Å². The number of aromatic hydroxyl groups is 2. The van der Waals surface area contributed by atoms with Crippen molar-refractivity contribution in [2.75, 3.05) is 38.8 Å². The Labute approximate surface area is 246 Å². The second-order valence-corrected chi connectivity index (χ2v) is 11.2. The van der Waals surface area contributed by atoms with Gasteiger partial charge in [0.25, 0.3) is 0 Å². The predicted octanol–water partition coefficient (Wildman–Crippen LogP) is 5.22. The third kappa shape index (κ3) is 6.00. The molecule has 216 valence electrons. The first-order valence-electron chi connectivity index (χ1n) is 13.9. The van der Waals surface area contributed by atoms with Crippen LogP contribution in [-0.2, 0) is 26.2 Å². The van der Waals surface area contributed by atoms with Crippen LogP contribution in [0.4, 0.5) is 11.4 Å². The van der Waals surface area contributed by atoms with Crippen molar-refractivity contribution in [1.29, 1.82) is 0 Å². The van der Waals surface area contributed by atoms with Gasteiger partial charge >= 0.3 is 0 Å². The Hall–Kier alpha value is -4.66. The van der Waals surface area contributed by atoms with E-state index < -0.39 is 11.6 Å². The molecule has 4 aromatic rings. The highest BCUT2D eigenvalue weighted by atomic mass is 16.3. The van der Waals surface area contributed by atoms with Gasteiger partial charge in [0.15, 0.2) is 0 Å². The molecule has 8 nitrogen and oxygen atoms in total. The number of hydrogen-bond acceptors (Lipinski definition) is 8. The molecule has 0 radical (unpaired) electrons. The smallest absolute Gasteiger partial charge is 0.200 e. The summed E-state index contributed by atoms with van der Waals surface area (Å²) in [6, 6.07) is 22.3. The zero-order chi connectivity index (χ0) is 30.0. The molecule has 0 atom stereocenters. The molecular formula is C34H36N4O4. The predicted molar refractivity (Wildman–Crippen MR) is 165 cm³/mol. The van der Waals surface area contributed by atoms with E-state index in [1.54, 1.807) is 12.1 Å². The van der Waals surface area contributed by atoms with E-state index >= 15 is 0 Å². The van der Waals surface area contributed by atoms with Crippen LogP contribution in [0.1, 0.15) is 54.1 Å². The van der Waals surface area contributed by atoms with Crippen LogP contribution in [0.25, 0.3) is 0 Å². The number of nitrogens with zero attached hydrogens (tertiary/aromatic N) is 2. The molecule has 8 heteroatoms. The van der Waals surface area contributed by atoms with Gasteiger partial charge in [-0.2, -0.15) is 0 Å². The molecule has 0 unspecified atom stereocenters. The second-order valence-electron chi connectivity index (χ2n) is 11.2. The number of phenolic OH excluding ortho intramolecular Hbond substituents is 2. The van der Waals surface area contributed by atoms with Gasteiger partial charge in [0.1, 0.15) is 11.5 Å². The summed E-state index contributed by atoms with van der Waals surface area (Å²) < 4.78 is 0. The Morgan fingerprint density at radius 1 is 0.500 bits per heavy atom. The first-order valence-corrected chi connectivity index (χ1v) is 13.9. The lowest BCUT2D eigenvalue weighted by atomic mass is 9.81. The summed E-state index contributed by atoms with van der Waals surface area (Å²) in [5.41, 5.74) is 5.17. The van der Waals surface area contributed by atoms with E-state index in [-0.39, 0.29) is 33.8 Å². The summed E-state index contributed by atoms with van der Waals surface area (Å²) in [4.78, 5) is 31.9. The van der Waals surface area contributed by atoms with Crippen molar-refractivity contribution in [3.63, 3.8) is 0 Å². The number of carbonyl (C=O) groups is 2. The molecule has 42 heavy (non-hydrogen) atoms. The number of benzene rings is 4. The van der Waals surface area contributed by atoms with Crippen molar-refractivity contribution in [3.05, 3.63) is 117 Å². The second kappa shape index (κ2) is 12.1. The lowest BCUT2D eigenvalue weighted by molar-refractivity contribution is 0.0975. The number of rotatable bonds is 10. The van der Waals surface area contributed by atoms with Gasteiger partial charge in [-0.3, -0.25) is 9.59 Å². The van der Waals surface area contributed by atoms with Crippen LogP contribution in [0.15, 0.2) is 72.8 Å². The van der Waals surface area contributed by atoms with E-state index in [4.69, 9.17) is 0 Å². The van der Waals surface area contributed by atoms with Crippen molar-refractivity contribution in [2.24, 2.45) is 0 Å². The number of fused-ring (bicyclic) bond motifs is 2. The van der Waals surface area contributed by atoms with E-state index in [1.807, 2.05) is 52.5 Å². The molecule has 1 aliphatic carbocycles. The summed E-state index contributed by atoms with van der Waals surface area (Å²) in [7, 11) is 8.06. The van der Waals surface area contributed by atoms with Crippen LogP contribution in [-0.4, -0.2) is 59.8 Å². The number of carbonyl (C=O) groups excluding carboxylic acids is 2. The van der Waals surface area contributed by atoms with Gasteiger partial charge in [-0.25, -0.2) is 0 Å². The molecule has 0 amide bonds. The number of ketones is 2. The first kappa shape index (κ1) is 28.9. The minimum Gasteiger partial charge on any atom is -0.507 e. The number of phenols is 2.